The van der Waals surface area contributed by atoms with E-state index in [0.717, 1.165) is 52.7 Å². The first-order valence-electron chi connectivity index (χ1n) is 9.06. The van der Waals surface area contributed by atoms with E-state index in [1.54, 1.807) is 18.9 Å². The van der Waals surface area contributed by atoms with Crippen LogP contribution in [0.5, 0.6) is 5.75 Å². The van der Waals surface area contributed by atoms with Crippen molar-refractivity contribution in [3.05, 3.63) is 64.0 Å². The Morgan fingerprint density at radius 1 is 1.18 bits per heavy atom. The van der Waals surface area contributed by atoms with E-state index in [1.807, 2.05) is 36.8 Å². The standard InChI is InChI=1S/C21H21BrN4OS/c1-27-20-6-4-16(22)9-17(20)19-5-3-14(10-23-19)12-26-8-7-18-15(13-26)11-24-21(25-18)28-2/h3-6,9-11H,7-8,12-13H2,1-2H3. The van der Waals surface area contributed by atoms with Crippen molar-refractivity contribution in [2.24, 2.45) is 0 Å². The molecule has 0 saturated carbocycles. The molecule has 0 spiro atoms. The summed E-state index contributed by atoms with van der Waals surface area (Å²) >= 11 is 5.12. The lowest BCUT2D eigenvalue weighted by atomic mass is 10.1. The van der Waals surface area contributed by atoms with Gasteiger partial charge in [-0.05, 0) is 36.1 Å². The summed E-state index contributed by atoms with van der Waals surface area (Å²) in [4.78, 5) is 16.2. The number of pyridine rings is 1. The maximum atomic E-state index is 5.47. The van der Waals surface area contributed by atoms with Gasteiger partial charge >= 0.3 is 0 Å². The number of nitrogens with zero attached hydrogens (tertiary/aromatic N) is 4. The lowest BCUT2D eigenvalue weighted by molar-refractivity contribution is 0.242. The Bertz CT molecular complexity index is 981. The highest BCUT2D eigenvalue weighted by Gasteiger charge is 2.18. The monoisotopic (exact) mass is 456 g/mol. The molecule has 3 heterocycles. The third-order valence-corrected chi connectivity index (χ3v) is 5.90. The Kier molecular flexibility index (Phi) is 5.94. The number of thioether (sulfide) groups is 1. The number of aromatic nitrogens is 3. The highest BCUT2D eigenvalue weighted by atomic mass is 79.9. The minimum absolute atomic E-state index is 0.820. The summed E-state index contributed by atoms with van der Waals surface area (Å²) in [6.07, 6.45) is 6.91. The molecule has 4 rings (SSSR count). The van der Waals surface area contributed by atoms with Crippen LogP contribution >= 0.6 is 27.7 Å². The van der Waals surface area contributed by atoms with E-state index >= 15 is 0 Å². The van der Waals surface area contributed by atoms with Gasteiger partial charge < -0.3 is 4.74 Å². The summed E-state index contributed by atoms with van der Waals surface area (Å²) in [5.74, 6) is 0.820. The minimum Gasteiger partial charge on any atom is -0.496 e. The molecule has 0 fully saturated rings. The molecule has 0 amide bonds. The average Bonchev–Trinajstić information content (AvgIpc) is 2.74. The molecule has 0 aliphatic carbocycles. The molecule has 0 saturated heterocycles. The van der Waals surface area contributed by atoms with Crippen LogP contribution in [0.3, 0.4) is 0 Å². The Morgan fingerprint density at radius 3 is 2.82 bits per heavy atom. The Balaban J connectivity index is 1.47. The van der Waals surface area contributed by atoms with Crippen LogP contribution in [0.2, 0.25) is 0 Å². The molecule has 2 aromatic heterocycles. The van der Waals surface area contributed by atoms with E-state index in [-0.39, 0.29) is 0 Å². The van der Waals surface area contributed by atoms with E-state index < -0.39 is 0 Å². The molecule has 0 atom stereocenters. The van der Waals surface area contributed by atoms with Gasteiger partial charge in [0.05, 0.1) is 18.5 Å². The van der Waals surface area contributed by atoms with E-state index in [2.05, 4.69) is 47.9 Å². The molecule has 0 radical (unpaired) electrons. The molecular formula is C21H21BrN4OS. The van der Waals surface area contributed by atoms with Crippen LogP contribution in [0, 0.1) is 0 Å². The summed E-state index contributed by atoms with van der Waals surface area (Å²) in [5, 5.41) is 0.856. The first-order valence-corrected chi connectivity index (χ1v) is 11.1. The molecule has 1 aliphatic heterocycles. The van der Waals surface area contributed by atoms with Gasteiger partial charge in [0.1, 0.15) is 5.75 Å². The van der Waals surface area contributed by atoms with E-state index in [1.165, 1.54) is 16.8 Å². The topological polar surface area (TPSA) is 51.1 Å². The number of halogens is 1. The number of rotatable bonds is 5. The van der Waals surface area contributed by atoms with Gasteiger partial charge in [0.15, 0.2) is 5.16 Å². The fourth-order valence-electron chi connectivity index (χ4n) is 3.41. The summed E-state index contributed by atoms with van der Waals surface area (Å²) in [6.45, 7) is 2.75. The van der Waals surface area contributed by atoms with Crippen molar-refractivity contribution in [1.82, 2.24) is 19.9 Å². The van der Waals surface area contributed by atoms with Gasteiger partial charge in [0.2, 0.25) is 0 Å². The number of benzene rings is 1. The zero-order valence-electron chi connectivity index (χ0n) is 15.9. The second-order valence-electron chi connectivity index (χ2n) is 6.69. The number of methoxy groups -OCH3 is 1. The average molecular weight is 457 g/mol. The summed E-state index contributed by atoms with van der Waals surface area (Å²) in [5.41, 5.74) is 5.50. The molecular weight excluding hydrogens is 436 g/mol. The highest BCUT2D eigenvalue weighted by Crippen LogP contribution is 2.31. The van der Waals surface area contributed by atoms with Crippen molar-refractivity contribution in [2.75, 3.05) is 19.9 Å². The van der Waals surface area contributed by atoms with Crippen LogP contribution in [-0.4, -0.2) is 39.8 Å². The van der Waals surface area contributed by atoms with Gasteiger partial charge in [-0.1, -0.05) is 33.8 Å². The first-order chi connectivity index (χ1) is 13.7. The molecule has 5 nitrogen and oxygen atoms in total. The molecule has 7 heteroatoms. The zero-order chi connectivity index (χ0) is 19.5. The molecule has 1 aromatic carbocycles. The molecule has 144 valence electrons. The van der Waals surface area contributed by atoms with E-state index in [9.17, 15) is 0 Å². The zero-order valence-corrected chi connectivity index (χ0v) is 18.3. The fourth-order valence-corrected chi connectivity index (χ4v) is 4.13. The lowest BCUT2D eigenvalue weighted by Gasteiger charge is -2.27. The number of fused-ring (bicyclic) bond motifs is 1. The number of hydrogen-bond acceptors (Lipinski definition) is 6. The van der Waals surface area contributed by atoms with E-state index in [4.69, 9.17) is 4.74 Å². The van der Waals surface area contributed by atoms with Crippen molar-refractivity contribution >= 4 is 27.7 Å². The van der Waals surface area contributed by atoms with Crippen LogP contribution in [0.15, 0.2) is 52.4 Å². The number of hydrogen-bond donors (Lipinski definition) is 0. The van der Waals surface area contributed by atoms with Gasteiger partial charge in [0.25, 0.3) is 0 Å². The normalized spacial score (nSPS) is 14.0. The fraction of sp³-hybridized carbons (Fsp3) is 0.286. The third-order valence-electron chi connectivity index (χ3n) is 4.84. The van der Waals surface area contributed by atoms with Crippen molar-refractivity contribution in [2.45, 2.75) is 24.7 Å². The van der Waals surface area contributed by atoms with Crippen molar-refractivity contribution in [1.29, 1.82) is 0 Å². The van der Waals surface area contributed by atoms with Crippen LogP contribution in [0.1, 0.15) is 16.8 Å². The van der Waals surface area contributed by atoms with Crippen molar-refractivity contribution in [3.8, 4) is 17.0 Å². The van der Waals surface area contributed by atoms with Crippen LogP contribution < -0.4 is 4.74 Å². The van der Waals surface area contributed by atoms with Crippen molar-refractivity contribution in [3.63, 3.8) is 0 Å². The van der Waals surface area contributed by atoms with E-state index in [0.29, 0.717) is 0 Å². The summed E-state index contributed by atoms with van der Waals surface area (Å²) in [7, 11) is 1.68. The largest absolute Gasteiger partial charge is 0.496 e. The predicted octanol–water partition coefficient (Wildman–Crippen LogP) is 4.59. The molecule has 0 bridgehead atoms. The molecule has 1 aliphatic rings. The highest BCUT2D eigenvalue weighted by molar-refractivity contribution is 9.10. The smallest absolute Gasteiger partial charge is 0.187 e. The Labute approximate surface area is 177 Å². The third kappa shape index (κ3) is 4.21. The maximum absolute atomic E-state index is 5.47. The molecule has 0 N–H and O–H groups in total. The predicted molar refractivity (Wildman–Crippen MR) is 116 cm³/mol. The minimum atomic E-state index is 0.820. The van der Waals surface area contributed by atoms with Gasteiger partial charge in [-0.15, -0.1) is 0 Å². The molecule has 0 unspecified atom stereocenters. The first kappa shape index (κ1) is 19.4. The maximum Gasteiger partial charge on any atom is 0.187 e. The van der Waals surface area contributed by atoms with Crippen LogP contribution in [0.25, 0.3) is 11.3 Å². The second kappa shape index (κ2) is 8.59. The molecule has 3 aromatic rings. The SMILES string of the molecule is COc1ccc(Br)cc1-c1ccc(CN2CCc3nc(SC)ncc3C2)cn1. The van der Waals surface area contributed by atoms with Crippen LogP contribution in [0.4, 0.5) is 0 Å². The van der Waals surface area contributed by atoms with Gasteiger partial charge in [-0.2, -0.15) is 0 Å². The summed E-state index contributed by atoms with van der Waals surface area (Å²) in [6, 6.07) is 10.2. The Morgan fingerprint density at radius 2 is 2.07 bits per heavy atom. The Hall–Kier alpha value is -1.96. The quantitative estimate of drug-likeness (QED) is 0.413. The van der Waals surface area contributed by atoms with Gasteiger partial charge in [0, 0.05) is 54.0 Å². The van der Waals surface area contributed by atoms with Gasteiger partial charge in [-0.25, -0.2) is 9.97 Å². The lowest BCUT2D eigenvalue weighted by Crippen LogP contribution is -2.31. The van der Waals surface area contributed by atoms with Gasteiger partial charge in [-0.3, -0.25) is 9.88 Å². The number of ether oxygens (including phenoxy) is 1. The molecule has 28 heavy (non-hydrogen) atoms. The van der Waals surface area contributed by atoms with Crippen LogP contribution in [-0.2, 0) is 19.5 Å². The van der Waals surface area contributed by atoms with Crippen molar-refractivity contribution < 1.29 is 4.74 Å². The second-order valence-corrected chi connectivity index (χ2v) is 8.37. The summed E-state index contributed by atoms with van der Waals surface area (Å²) < 4.78 is 6.48.